The van der Waals surface area contributed by atoms with Crippen molar-refractivity contribution < 1.29 is 32.6 Å². The Kier molecular flexibility index (Phi) is 11.3. The second-order valence-electron chi connectivity index (χ2n) is 12.7. The van der Waals surface area contributed by atoms with Crippen LogP contribution in [0.25, 0.3) is 22.5 Å². The Labute approximate surface area is 295 Å². The summed E-state index contributed by atoms with van der Waals surface area (Å²) in [5.41, 5.74) is 3.13. The molecule has 4 aromatic rings. The van der Waals surface area contributed by atoms with E-state index < -0.39 is 28.1 Å². The zero-order valence-electron chi connectivity index (χ0n) is 27.8. The van der Waals surface area contributed by atoms with Crippen LogP contribution in [0.1, 0.15) is 31.2 Å². The molecule has 51 heavy (non-hydrogen) atoms. The number of carbonyl (C=O) groups excluding carboxylic acids is 2. The SMILES string of the molecule is O=C(O)NCC1CCC(C(=O)N[C@@H](Cc2cccc(-c3ccccc3S(=O)(=O)N3CCOCC3)c2)C(=O)Nc2ccc(-c3nn[nH]n3)cc2)CC1. The van der Waals surface area contributed by atoms with Crippen molar-refractivity contribution in [2.75, 3.05) is 38.2 Å². The number of hydrogen-bond donors (Lipinski definition) is 5. The van der Waals surface area contributed by atoms with Gasteiger partial charge in [0, 0.05) is 48.8 Å². The molecule has 3 aromatic carbocycles. The lowest BCUT2D eigenvalue weighted by atomic mass is 9.81. The molecule has 0 bridgehead atoms. The van der Waals surface area contributed by atoms with Crippen LogP contribution in [0.3, 0.4) is 0 Å². The molecular formula is C35H40N8O7S. The Hall–Kier alpha value is -5.19. The number of carboxylic acid groups (broad SMARTS) is 1. The van der Waals surface area contributed by atoms with E-state index in [4.69, 9.17) is 9.84 Å². The van der Waals surface area contributed by atoms with Crippen LogP contribution in [0.2, 0.25) is 0 Å². The molecule has 1 aliphatic carbocycles. The molecule has 2 aliphatic rings. The number of tetrazole rings is 1. The topological polar surface area (TPSA) is 209 Å². The highest BCUT2D eigenvalue weighted by Crippen LogP contribution is 2.32. The van der Waals surface area contributed by atoms with Crippen LogP contribution in [-0.2, 0) is 30.8 Å². The molecular weight excluding hydrogens is 677 g/mol. The lowest BCUT2D eigenvalue weighted by Crippen LogP contribution is -2.48. The molecule has 5 N–H and O–H groups in total. The summed E-state index contributed by atoms with van der Waals surface area (Å²) >= 11 is 0. The van der Waals surface area contributed by atoms with Crippen LogP contribution in [-0.4, -0.2) is 95.3 Å². The van der Waals surface area contributed by atoms with Gasteiger partial charge in [0.15, 0.2) is 0 Å². The van der Waals surface area contributed by atoms with Crippen molar-refractivity contribution in [2.24, 2.45) is 11.8 Å². The third-order valence-electron chi connectivity index (χ3n) is 9.30. The minimum absolute atomic E-state index is 0.141. The van der Waals surface area contributed by atoms with Crippen molar-refractivity contribution in [3.8, 4) is 22.5 Å². The summed E-state index contributed by atoms with van der Waals surface area (Å²) in [6.45, 7) is 1.55. The molecule has 2 heterocycles. The molecule has 2 fully saturated rings. The van der Waals surface area contributed by atoms with Gasteiger partial charge in [-0.05, 0) is 78.3 Å². The van der Waals surface area contributed by atoms with Gasteiger partial charge in [0.1, 0.15) is 6.04 Å². The van der Waals surface area contributed by atoms with Gasteiger partial charge in [0.25, 0.3) is 0 Å². The van der Waals surface area contributed by atoms with E-state index in [0.717, 1.165) is 5.56 Å². The molecule has 1 aromatic heterocycles. The fraction of sp³-hybridized carbons (Fsp3) is 0.371. The van der Waals surface area contributed by atoms with E-state index in [9.17, 15) is 22.8 Å². The standard InChI is InChI=1S/C35H40N8O7S/c44-33(26-10-8-23(9-11-26)22-36-35(46)47)38-30(34(45)37-28-14-12-25(13-15-28)32-39-41-42-40-32)21-24-4-3-5-27(20-24)29-6-1-2-7-31(29)51(48,49)43-16-18-50-19-17-43/h1-7,12-15,20,23,26,30,36H,8-11,16-19,21-22H2,(H,37,45)(H,38,44)(H,46,47)(H,39,40,41,42)/t23?,26?,30-/m0/s1. The number of amides is 3. The molecule has 1 atom stereocenters. The van der Waals surface area contributed by atoms with Gasteiger partial charge in [-0.15, -0.1) is 10.2 Å². The van der Waals surface area contributed by atoms with Gasteiger partial charge >= 0.3 is 6.09 Å². The summed E-state index contributed by atoms with van der Waals surface area (Å²) in [6, 6.07) is 20.1. The Morgan fingerprint density at radius 2 is 1.69 bits per heavy atom. The smallest absolute Gasteiger partial charge is 0.404 e. The van der Waals surface area contributed by atoms with Gasteiger partial charge in [0.05, 0.1) is 18.1 Å². The van der Waals surface area contributed by atoms with Crippen molar-refractivity contribution in [3.05, 3.63) is 78.4 Å². The molecule has 15 nitrogen and oxygen atoms in total. The first-order valence-electron chi connectivity index (χ1n) is 16.9. The molecule has 3 amide bonds. The van der Waals surface area contributed by atoms with E-state index in [1.165, 1.54) is 4.31 Å². The Morgan fingerprint density at radius 1 is 0.941 bits per heavy atom. The fourth-order valence-corrected chi connectivity index (χ4v) is 8.16. The van der Waals surface area contributed by atoms with Crippen LogP contribution in [0.4, 0.5) is 10.5 Å². The number of anilines is 1. The molecule has 1 saturated heterocycles. The van der Waals surface area contributed by atoms with Gasteiger partial charge in [-0.1, -0.05) is 42.5 Å². The molecule has 268 valence electrons. The Balaban J connectivity index is 1.21. The van der Waals surface area contributed by atoms with E-state index >= 15 is 0 Å². The van der Waals surface area contributed by atoms with E-state index in [2.05, 4.69) is 36.6 Å². The van der Waals surface area contributed by atoms with Crippen LogP contribution >= 0.6 is 0 Å². The van der Waals surface area contributed by atoms with Gasteiger partial charge in [-0.25, -0.2) is 13.2 Å². The predicted octanol–water partition coefficient (Wildman–Crippen LogP) is 3.29. The van der Waals surface area contributed by atoms with Crippen molar-refractivity contribution in [1.29, 1.82) is 0 Å². The van der Waals surface area contributed by atoms with Gasteiger partial charge in [-0.2, -0.15) is 9.52 Å². The van der Waals surface area contributed by atoms with Crippen molar-refractivity contribution in [2.45, 2.75) is 43.0 Å². The number of carbonyl (C=O) groups is 3. The average molecular weight is 717 g/mol. The number of benzene rings is 3. The molecule has 1 saturated carbocycles. The summed E-state index contributed by atoms with van der Waals surface area (Å²) in [6.07, 6.45) is 1.61. The fourth-order valence-electron chi connectivity index (χ4n) is 6.53. The summed E-state index contributed by atoms with van der Waals surface area (Å²) in [4.78, 5) is 38.5. The molecule has 0 spiro atoms. The summed E-state index contributed by atoms with van der Waals surface area (Å²) in [5.74, 6) is -0.427. The summed E-state index contributed by atoms with van der Waals surface area (Å²) < 4.78 is 34.2. The van der Waals surface area contributed by atoms with Crippen molar-refractivity contribution in [1.82, 2.24) is 35.6 Å². The highest BCUT2D eigenvalue weighted by atomic mass is 32.2. The molecule has 6 rings (SSSR count). The quantitative estimate of drug-likeness (QED) is 0.145. The third kappa shape index (κ3) is 8.95. The lowest BCUT2D eigenvalue weighted by Gasteiger charge is -2.29. The normalized spacial score (nSPS) is 18.7. The zero-order valence-corrected chi connectivity index (χ0v) is 28.6. The lowest BCUT2D eigenvalue weighted by molar-refractivity contribution is -0.130. The van der Waals surface area contributed by atoms with E-state index in [0.29, 0.717) is 73.6 Å². The number of morpholine rings is 1. The predicted molar refractivity (Wildman–Crippen MR) is 187 cm³/mol. The number of rotatable bonds is 12. The number of nitrogens with one attached hydrogen (secondary N) is 4. The number of H-pyrrole nitrogens is 1. The number of nitrogens with zero attached hydrogens (tertiary/aromatic N) is 4. The molecule has 0 radical (unpaired) electrons. The van der Waals surface area contributed by atoms with E-state index in [1.807, 2.05) is 24.3 Å². The maximum Gasteiger partial charge on any atom is 0.404 e. The molecule has 16 heteroatoms. The number of ether oxygens (including phenoxy) is 1. The summed E-state index contributed by atoms with van der Waals surface area (Å²) in [5, 5.41) is 31.2. The Bertz CT molecular complexity index is 1930. The highest BCUT2D eigenvalue weighted by Gasteiger charge is 2.31. The first kappa shape index (κ1) is 35.6. The first-order chi connectivity index (χ1) is 24.7. The second kappa shape index (κ2) is 16.2. The van der Waals surface area contributed by atoms with Crippen LogP contribution in [0.15, 0.2) is 77.7 Å². The third-order valence-corrected chi connectivity index (χ3v) is 11.3. The zero-order chi connectivity index (χ0) is 35.8. The number of sulfonamides is 1. The first-order valence-corrected chi connectivity index (χ1v) is 18.3. The summed E-state index contributed by atoms with van der Waals surface area (Å²) in [7, 11) is -3.80. The minimum Gasteiger partial charge on any atom is -0.465 e. The van der Waals surface area contributed by atoms with E-state index in [-0.39, 0.29) is 42.1 Å². The maximum absolute atomic E-state index is 13.8. The van der Waals surface area contributed by atoms with Gasteiger partial charge in [-0.3, -0.25) is 9.59 Å². The van der Waals surface area contributed by atoms with Crippen LogP contribution < -0.4 is 16.0 Å². The van der Waals surface area contributed by atoms with Gasteiger partial charge in [0.2, 0.25) is 27.7 Å². The van der Waals surface area contributed by atoms with Gasteiger partial charge < -0.3 is 25.8 Å². The van der Waals surface area contributed by atoms with Crippen LogP contribution in [0.5, 0.6) is 0 Å². The minimum atomic E-state index is -3.80. The van der Waals surface area contributed by atoms with E-state index in [1.54, 1.807) is 48.5 Å². The monoisotopic (exact) mass is 716 g/mol. The number of aromatic nitrogens is 4. The number of hydrogen-bond acceptors (Lipinski definition) is 9. The maximum atomic E-state index is 13.8. The van der Waals surface area contributed by atoms with Crippen molar-refractivity contribution >= 4 is 33.6 Å². The van der Waals surface area contributed by atoms with Crippen LogP contribution in [0, 0.1) is 11.8 Å². The molecule has 0 unspecified atom stereocenters. The Morgan fingerprint density at radius 3 is 2.39 bits per heavy atom. The average Bonchev–Trinajstić information content (AvgIpc) is 3.70. The molecule has 1 aliphatic heterocycles. The number of aromatic amines is 1. The largest absolute Gasteiger partial charge is 0.465 e. The highest BCUT2D eigenvalue weighted by molar-refractivity contribution is 7.89. The van der Waals surface area contributed by atoms with Crippen molar-refractivity contribution in [3.63, 3.8) is 0 Å². The second-order valence-corrected chi connectivity index (χ2v) is 14.6.